The second-order valence-electron chi connectivity index (χ2n) is 5.13. The molecule has 21 heavy (non-hydrogen) atoms. The molecule has 0 unspecified atom stereocenters. The van der Waals surface area contributed by atoms with Crippen LogP contribution in [0.4, 0.5) is 11.4 Å². The molecule has 0 heterocycles. The summed E-state index contributed by atoms with van der Waals surface area (Å²) in [6, 6.07) is 4.76. The minimum Gasteiger partial charge on any atom is -0.397 e. The highest BCUT2D eigenvalue weighted by Crippen LogP contribution is 2.25. The average molecular weight is 312 g/mol. The first-order chi connectivity index (χ1) is 9.83. The molecule has 1 aromatic rings. The predicted octanol–water partition coefficient (Wildman–Crippen LogP) is -0.108. The topological polar surface area (TPSA) is 105 Å². The smallest absolute Gasteiger partial charge is 0.240 e. The van der Waals surface area contributed by atoms with Gasteiger partial charge >= 0.3 is 0 Å². The Balaban J connectivity index is 2.10. The summed E-state index contributed by atoms with van der Waals surface area (Å²) in [6.07, 6.45) is 2.07. The number of anilines is 2. The molecule has 0 radical (unpaired) electrons. The largest absolute Gasteiger partial charge is 0.397 e. The number of likely N-dealkylation sites (N-methyl/N-ethyl adjacent to an activating group) is 1. The van der Waals surface area contributed by atoms with Gasteiger partial charge in [0.1, 0.15) is 0 Å². The van der Waals surface area contributed by atoms with Gasteiger partial charge in [0.05, 0.1) is 22.8 Å². The highest BCUT2D eigenvalue weighted by atomic mass is 32.2. The van der Waals surface area contributed by atoms with E-state index in [-0.39, 0.29) is 17.3 Å². The van der Waals surface area contributed by atoms with E-state index in [9.17, 15) is 13.2 Å². The van der Waals surface area contributed by atoms with Crippen LogP contribution in [-0.2, 0) is 14.8 Å². The standard InChI is InChI=1S/C13H20N4O3S/c1-15-21(19,20)10-5-6-12(11(14)7-10)17(2)8-13(18)16-9-3-4-9/h5-7,9,15H,3-4,8,14H2,1-2H3,(H,16,18). The van der Waals surface area contributed by atoms with Crippen molar-refractivity contribution >= 4 is 27.3 Å². The Morgan fingerprint density at radius 1 is 1.43 bits per heavy atom. The van der Waals surface area contributed by atoms with Crippen molar-refractivity contribution in [3.63, 3.8) is 0 Å². The number of nitrogens with zero attached hydrogens (tertiary/aromatic N) is 1. The summed E-state index contributed by atoms with van der Waals surface area (Å²) in [6.45, 7) is 0.179. The number of hydrogen-bond donors (Lipinski definition) is 3. The minimum absolute atomic E-state index is 0.0636. The predicted molar refractivity (Wildman–Crippen MR) is 81.5 cm³/mol. The molecule has 0 aromatic heterocycles. The van der Waals surface area contributed by atoms with Crippen molar-refractivity contribution in [2.45, 2.75) is 23.8 Å². The number of sulfonamides is 1. The van der Waals surface area contributed by atoms with Crippen LogP contribution in [0.1, 0.15) is 12.8 Å². The molecule has 0 aliphatic heterocycles. The van der Waals surface area contributed by atoms with Crippen LogP contribution in [-0.4, -0.2) is 41.0 Å². The van der Waals surface area contributed by atoms with Crippen LogP contribution in [0.2, 0.25) is 0 Å². The van der Waals surface area contributed by atoms with Crippen molar-refractivity contribution in [1.82, 2.24) is 10.0 Å². The maximum Gasteiger partial charge on any atom is 0.240 e. The average Bonchev–Trinajstić information content (AvgIpc) is 3.22. The first-order valence-electron chi connectivity index (χ1n) is 6.67. The van der Waals surface area contributed by atoms with Gasteiger partial charge in [0.15, 0.2) is 0 Å². The third-order valence-corrected chi connectivity index (χ3v) is 4.72. The van der Waals surface area contributed by atoms with E-state index in [0.29, 0.717) is 17.4 Å². The van der Waals surface area contributed by atoms with Crippen molar-refractivity contribution in [3.05, 3.63) is 18.2 Å². The van der Waals surface area contributed by atoms with Gasteiger partial charge in [-0.25, -0.2) is 13.1 Å². The summed E-state index contributed by atoms with van der Waals surface area (Å²) in [5.74, 6) is -0.0636. The normalized spacial score (nSPS) is 14.8. The van der Waals surface area contributed by atoms with Gasteiger partial charge in [-0.15, -0.1) is 0 Å². The van der Waals surface area contributed by atoms with Crippen LogP contribution in [0.25, 0.3) is 0 Å². The number of nitrogen functional groups attached to an aromatic ring is 1. The third-order valence-electron chi connectivity index (χ3n) is 3.31. The molecule has 116 valence electrons. The maximum atomic E-state index is 11.8. The second kappa shape index (κ2) is 5.90. The van der Waals surface area contributed by atoms with E-state index in [1.54, 1.807) is 18.0 Å². The van der Waals surface area contributed by atoms with Crippen molar-refractivity contribution in [3.8, 4) is 0 Å². The highest BCUT2D eigenvalue weighted by Gasteiger charge is 2.24. The fourth-order valence-electron chi connectivity index (χ4n) is 1.97. The Morgan fingerprint density at radius 2 is 2.10 bits per heavy atom. The lowest BCUT2D eigenvalue weighted by Gasteiger charge is -2.21. The van der Waals surface area contributed by atoms with Gasteiger partial charge in [-0.1, -0.05) is 0 Å². The number of rotatable bonds is 6. The molecule has 8 heteroatoms. The molecular weight excluding hydrogens is 292 g/mol. The van der Waals surface area contributed by atoms with Crippen LogP contribution in [0, 0.1) is 0 Å². The fraction of sp³-hybridized carbons (Fsp3) is 0.462. The van der Waals surface area contributed by atoms with E-state index in [2.05, 4.69) is 10.0 Å². The summed E-state index contributed by atoms with van der Waals surface area (Å²) in [7, 11) is -0.440. The molecule has 1 fully saturated rings. The Labute approximate surface area is 124 Å². The van der Waals surface area contributed by atoms with E-state index in [1.807, 2.05) is 0 Å². The zero-order valence-electron chi connectivity index (χ0n) is 12.1. The SMILES string of the molecule is CNS(=O)(=O)c1ccc(N(C)CC(=O)NC2CC2)c(N)c1. The number of nitrogens with one attached hydrogen (secondary N) is 2. The van der Waals surface area contributed by atoms with Crippen LogP contribution in [0.3, 0.4) is 0 Å². The molecule has 0 atom stereocenters. The van der Waals surface area contributed by atoms with Crippen molar-refractivity contribution in [2.75, 3.05) is 31.3 Å². The Bertz CT molecular complexity index is 641. The monoisotopic (exact) mass is 312 g/mol. The van der Waals surface area contributed by atoms with E-state index in [0.717, 1.165) is 12.8 Å². The first-order valence-corrected chi connectivity index (χ1v) is 8.15. The molecule has 7 nitrogen and oxygen atoms in total. The maximum absolute atomic E-state index is 11.8. The van der Waals surface area contributed by atoms with E-state index >= 15 is 0 Å². The van der Waals surface area contributed by atoms with E-state index in [4.69, 9.17) is 5.73 Å². The quantitative estimate of drug-likeness (QED) is 0.636. The van der Waals surface area contributed by atoms with Crippen molar-refractivity contribution in [2.24, 2.45) is 0 Å². The van der Waals surface area contributed by atoms with Crippen molar-refractivity contribution < 1.29 is 13.2 Å². The summed E-state index contributed by atoms with van der Waals surface area (Å²) in [5, 5.41) is 2.89. The number of carbonyl (C=O) groups excluding carboxylic acids is 1. The van der Waals surface area contributed by atoms with Crippen LogP contribution in [0.15, 0.2) is 23.1 Å². The zero-order valence-corrected chi connectivity index (χ0v) is 12.9. The van der Waals surface area contributed by atoms with E-state index < -0.39 is 10.0 Å². The number of amides is 1. The zero-order chi connectivity index (χ0) is 15.6. The first kappa shape index (κ1) is 15.6. The minimum atomic E-state index is -3.52. The third kappa shape index (κ3) is 3.85. The number of carbonyl (C=O) groups is 1. The van der Waals surface area contributed by atoms with Crippen LogP contribution < -0.4 is 20.7 Å². The number of nitrogens with two attached hydrogens (primary N) is 1. The summed E-state index contributed by atoms with van der Waals surface area (Å²) >= 11 is 0. The summed E-state index contributed by atoms with van der Waals surface area (Å²) in [5.41, 5.74) is 6.83. The van der Waals surface area contributed by atoms with Gasteiger partial charge in [-0.2, -0.15) is 0 Å². The summed E-state index contributed by atoms with van der Waals surface area (Å²) in [4.78, 5) is 13.6. The highest BCUT2D eigenvalue weighted by molar-refractivity contribution is 7.89. The van der Waals surface area contributed by atoms with Gasteiger partial charge < -0.3 is 16.0 Å². The van der Waals surface area contributed by atoms with Gasteiger partial charge in [-0.3, -0.25) is 4.79 Å². The molecule has 0 saturated heterocycles. The lowest BCUT2D eigenvalue weighted by Crippen LogP contribution is -2.36. The van der Waals surface area contributed by atoms with Crippen molar-refractivity contribution in [1.29, 1.82) is 0 Å². The molecule has 1 amide bonds. The summed E-state index contributed by atoms with van der Waals surface area (Å²) < 4.78 is 25.6. The molecule has 1 saturated carbocycles. The Kier molecular flexibility index (Phi) is 4.38. The molecule has 1 aromatic carbocycles. The van der Waals surface area contributed by atoms with Gasteiger partial charge in [-0.05, 0) is 38.1 Å². The Morgan fingerprint density at radius 3 is 2.62 bits per heavy atom. The molecule has 1 aliphatic rings. The van der Waals surface area contributed by atoms with Gasteiger partial charge in [0, 0.05) is 13.1 Å². The van der Waals surface area contributed by atoms with E-state index in [1.165, 1.54) is 19.2 Å². The van der Waals surface area contributed by atoms with Crippen LogP contribution in [0.5, 0.6) is 0 Å². The molecule has 4 N–H and O–H groups in total. The number of benzene rings is 1. The Hall–Kier alpha value is -1.80. The molecule has 0 bridgehead atoms. The lowest BCUT2D eigenvalue weighted by atomic mass is 10.2. The van der Waals surface area contributed by atoms with Gasteiger partial charge in [0.2, 0.25) is 15.9 Å². The fourth-order valence-corrected chi connectivity index (χ4v) is 2.73. The molecule has 0 spiro atoms. The lowest BCUT2D eigenvalue weighted by molar-refractivity contribution is -0.119. The van der Waals surface area contributed by atoms with Crippen LogP contribution >= 0.6 is 0 Å². The number of hydrogen-bond acceptors (Lipinski definition) is 5. The molecule has 1 aliphatic carbocycles. The molecular formula is C13H20N4O3S. The van der Waals surface area contributed by atoms with Gasteiger partial charge in [0.25, 0.3) is 0 Å². The molecule has 2 rings (SSSR count). The second-order valence-corrected chi connectivity index (χ2v) is 7.01.